The zero-order valence-corrected chi connectivity index (χ0v) is 12.6. The van der Waals surface area contributed by atoms with Gasteiger partial charge in [0.05, 0.1) is 12.1 Å². The van der Waals surface area contributed by atoms with E-state index in [2.05, 4.69) is 4.98 Å². The summed E-state index contributed by atoms with van der Waals surface area (Å²) >= 11 is 0. The van der Waals surface area contributed by atoms with Gasteiger partial charge < -0.3 is 20.6 Å². The zero-order valence-electron chi connectivity index (χ0n) is 12.6. The van der Waals surface area contributed by atoms with Crippen LogP contribution in [-0.4, -0.2) is 29.2 Å². The van der Waals surface area contributed by atoms with Gasteiger partial charge in [-0.1, -0.05) is 30.3 Å². The Kier molecular flexibility index (Phi) is 4.30. The fourth-order valence-corrected chi connectivity index (χ4v) is 2.56. The van der Waals surface area contributed by atoms with Crippen molar-refractivity contribution in [1.82, 2.24) is 4.98 Å². The topological polar surface area (TPSA) is 88.3 Å². The Balaban J connectivity index is 2.12. The molecule has 0 spiro atoms. The Morgan fingerprint density at radius 2 is 1.96 bits per heavy atom. The molecule has 0 saturated heterocycles. The summed E-state index contributed by atoms with van der Waals surface area (Å²) in [5.41, 5.74) is 8.36. The highest BCUT2D eigenvalue weighted by Gasteiger charge is 2.15. The lowest BCUT2D eigenvalue weighted by molar-refractivity contribution is 0.0691. The highest BCUT2D eigenvalue weighted by atomic mass is 16.5. The molecule has 0 aliphatic carbocycles. The average Bonchev–Trinajstić information content (AvgIpc) is 3.02. The van der Waals surface area contributed by atoms with Crippen LogP contribution in [0.2, 0.25) is 0 Å². The standard InChI is InChI=1S/C18H18N2O3/c19-9-4-10-23-16-8-7-13(12-5-2-1-3-6-12)17-14(16)11-15(20-17)18(21)22/h1-3,5-8,11,20H,4,9-10,19H2,(H,21,22). The molecular weight excluding hydrogens is 292 g/mol. The van der Waals surface area contributed by atoms with Crippen molar-refractivity contribution in [2.75, 3.05) is 13.2 Å². The van der Waals surface area contributed by atoms with Gasteiger partial charge in [0.15, 0.2) is 0 Å². The molecule has 0 aliphatic heterocycles. The average molecular weight is 310 g/mol. The first-order valence-electron chi connectivity index (χ1n) is 7.48. The monoisotopic (exact) mass is 310 g/mol. The zero-order chi connectivity index (χ0) is 16.2. The van der Waals surface area contributed by atoms with Gasteiger partial charge in [-0.15, -0.1) is 0 Å². The number of fused-ring (bicyclic) bond motifs is 1. The van der Waals surface area contributed by atoms with Crippen LogP contribution in [0.25, 0.3) is 22.0 Å². The van der Waals surface area contributed by atoms with Gasteiger partial charge in [0, 0.05) is 10.9 Å². The fraction of sp³-hybridized carbons (Fsp3) is 0.167. The molecule has 0 fully saturated rings. The molecule has 3 rings (SSSR count). The number of aromatic carboxylic acids is 1. The van der Waals surface area contributed by atoms with E-state index in [1.54, 1.807) is 6.07 Å². The first-order valence-corrected chi connectivity index (χ1v) is 7.48. The molecule has 118 valence electrons. The summed E-state index contributed by atoms with van der Waals surface area (Å²) in [6, 6.07) is 15.3. The van der Waals surface area contributed by atoms with Gasteiger partial charge in [-0.05, 0) is 36.7 Å². The van der Waals surface area contributed by atoms with E-state index >= 15 is 0 Å². The van der Waals surface area contributed by atoms with Crippen LogP contribution < -0.4 is 10.5 Å². The molecule has 23 heavy (non-hydrogen) atoms. The molecule has 1 aromatic heterocycles. The number of benzene rings is 2. The summed E-state index contributed by atoms with van der Waals surface area (Å²) in [4.78, 5) is 14.3. The van der Waals surface area contributed by atoms with Crippen LogP contribution in [0.15, 0.2) is 48.5 Å². The Morgan fingerprint density at radius 3 is 2.65 bits per heavy atom. The van der Waals surface area contributed by atoms with E-state index in [0.717, 1.165) is 28.5 Å². The van der Waals surface area contributed by atoms with E-state index in [9.17, 15) is 9.90 Å². The molecule has 0 atom stereocenters. The Bertz CT molecular complexity index is 825. The van der Waals surface area contributed by atoms with E-state index < -0.39 is 5.97 Å². The van der Waals surface area contributed by atoms with Crippen LogP contribution in [0, 0.1) is 0 Å². The number of hydrogen-bond donors (Lipinski definition) is 3. The van der Waals surface area contributed by atoms with Crippen LogP contribution in [0.3, 0.4) is 0 Å². The summed E-state index contributed by atoms with van der Waals surface area (Å²) in [6.45, 7) is 1.06. The number of carboxylic acids is 1. The second kappa shape index (κ2) is 6.54. The van der Waals surface area contributed by atoms with Crippen molar-refractivity contribution in [3.05, 3.63) is 54.2 Å². The van der Waals surface area contributed by atoms with Gasteiger partial charge in [-0.2, -0.15) is 0 Å². The third kappa shape index (κ3) is 3.05. The first kappa shape index (κ1) is 15.1. The molecule has 1 heterocycles. The van der Waals surface area contributed by atoms with Gasteiger partial charge in [-0.25, -0.2) is 4.79 Å². The lowest BCUT2D eigenvalue weighted by Crippen LogP contribution is -2.06. The molecule has 3 aromatic rings. The highest BCUT2D eigenvalue weighted by Crippen LogP contribution is 2.34. The molecule has 0 saturated carbocycles. The van der Waals surface area contributed by atoms with Gasteiger partial charge in [0.25, 0.3) is 0 Å². The lowest BCUT2D eigenvalue weighted by Gasteiger charge is -2.10. The number of hydrogen-bond acceptors (Lipinski definition) is 3. The normalized spacial score (nSPS) is 10.8. The van der Waals surface area contributed by atoms with Crippen LogP contribution in [-0.2, 0) is 0 Å². The number of H-pyrrole nitrogens is 1. The fourth-order valence-electron chi connectivity index (χ4n) is 2.56. The summed E-state index contributed by atoms with van der Waals surface area (Å²) in [7, 11) is 0. The number of aromatic amines is 1. The van der Waals surface area contributed by atoms with Crippen molar-refractivity contribution in [2.45, 2.75) is 6.42 Å². The third-order valence-corrected chi connectivity index (χ3v) is 3.68. The van der Waals surface area contributed by atoms with E-state index in [1.165, 1.54) is 0 Å². The van der Waals surface area contributed by atoms with Gasteiger partial charge in [0.2, 0.25) is 0 Å². The molecule has 0 bridgehead atoms. The summed E-state index contributed by atoms with van der Waals surface area (Å²) in [5, 5.41) is 10.0. The van der Waals surface area contributed by atoms with Gasteiger partial charge >= 0.3 is 5.97 Å². The van der Waals surface area contributed by atoms with Crippen LogP contribution in [0.1, 0.15) is 16.9 Å². The second-order valence-corrected chi connectivity index (χ2v) is 5.24. The van der Waals surface area contributed by atoms with Gasteiger partial charge in [0.1, 0.15) is 11.4 Å². The number of aromatic nitrogens is 1. The number of carboxylic acid groups (broad SMARTS) is 1. The quantitative estimate of drug-likeness (QED) is 0.610. The molecule has 5 heteroatoms. The van der Waals surface area contributed by atoms with Crippen molar-refractivity contribution in [3.63, 3.8) is 0 Å². The smallest absolute Gasteiger partial charge is 0.352 e. The highest BCUT2D eigenvalue weighted by molar-refractivity contribution is 6.02. The van der Waals surface area contributed by atoms with Crippen molar-refractivity contribution >= 4 is 16.9 Å². The summed E-state index contributed by atoms with van der Waals surface area (Å²) in [5.74, 6) is -0.329. The Labute approximate surface area is 133 Å². The minimum atomic E-state index is -0.992. The van der Waals surface area contributed by atoms with Crippen LogP contribution >= 0.6 is 0 Å². The predicted octanol–water partition coefficient (Wildman–Crippen LogP) is 3.26. The largest absolute Gasteiger partial charge is 0.493 e. The van der Waals surface area contributed by atoms with E-state index in [4.69, 9.17) is 10.5 Å². The van der Waals surface area contributed by atoms with Crippen molar-refractivity contribution in [2.24, 2.45) is 5.73 Å². The number of nitrogens with two attached hydrogens (primary N) is 1. The molecule has 0 amide bonds. The minimum absolute atomic E-state index is 0.145. The van der Waals surface area contributed by atoms with Gasteiger partial charge in [-0.3, -0.25) is 0 Å². The maximum absolute atomic E-state index is 11.3. The number of rotatable bonds is 6. The van der Waals surface area contributed by atoms with Crippen LogP contribution in [0.4, 0.5) is 0 Å². The lowest BCUT2D eigenvalue weighted by atomic mass is 10.0. The number of carbonyl (C=O) groups is 1. The molecule has 0 unspecified atom stereocenters. The first-order chi connectivity index (χ1) is 11.2. The van der Waals surface area contributed by atoms with E-state index in [-0.39, 0.29) is 5.69 Å². The predicted molar refractivity (Wildman–Crippen MR) is 89.9 cm³/mol. The summed E-state index contributed by atoms with van der Waals surface area (Å²) < 4.78 is 5.75. The third-order valence-electron chi connectivity index (χ3n) is 3.68. The molecule has 4 N–H and O–H groups in total. The minimum Gasteiger partial charge on any atom is -0.493 e. The SMILES string of the molecule is NCCCOc1ccc(-c2ccccc2)c2[nH]c(C(=O)O)cc12. The molecule has 0 aliphatic rings. The maximum atomic E-state index is 11.3. The maximum Gasteiger partial charge on any atom is 0.352 e. The molecule has 5 nitrogen and oxygen atoms in total. The second-order valence-electron chi connectivity index (χ2n) is 5.24. The van der Waals surface area contributed by atoms with E-state index in [1.807, 2.05) is 42.5 Å². The molecular formula is C18H18N2O3. The number of nitrogens with one attached hydrogen (secondary N) is 1. The Hall–Kier alpha value is -2.79. The molecule has 2 aromatic carbocycles. The number of ether oxygens (including phenoxy) is 1. The van der Waals surface area contributed by atoms with Crippen molar-refractivity contribution < 1.29 is 14.6 Å². The van der Waals surface area contributed by atoms with Crippen molar-refractivity contribution in [3.8, 4) is 16.9 Å². The van der Waals surface area contributed by atoms with Crippen LogP contribution in [0.5, 0.6) is 5.75 Å². The summed E-state index contributed by atoms with van der Waals surface area (Å²) in [6.07, 6.45) is 0.748. The Morgan fingerprint density at radius 1 is 1.17 bits per heavy atom. The molecule has 0 radical (unpaired) electrons. The van der Waals surface area contributed by atoms with Crippen molar-refractivity contribution in [1.29, 1.82) is 0 Å². The van der Waals surface area contributed by atoms with E-state index in [0.29, 0.717) is 18.9 Å².